The van der Waals surface area contributed by atoms with E-state index in [0.29, 0.717) is 17.4 Å². The van der Waals surface area contributed by atoms with Crippen LogP contribution in [0.4, 0.5) is 0 Å². The third kappa shape index (κ3) is 4.28. The molecule has 0 radical (unpaired) electrons. The maximum Gasteiger partial charge on any atom is 0.240 e. The van der Waals surface area contributed by atoms with Gasteiger partial charge in [-0.15, -0.1) is 0 Å². The first-order valence-electron chi connectivity index (χ1n) is 6.95. The molecule has 0 aromatic heterocycles. The predicted molar refractivity (Wildman–Crippen MR) is 84.3 cm³/mol. The molecule has 1 saturated heterocycles. The van der Waals surface area contributed by atoms with Gasteiger partial charge in [0.15, 0.2) is 0 Å². The highest BCUT2D eigenvalue weighted by Crippen LogP contribution is 2.20. The van der Waals surface area contributed by atoms with Gasteiger partial charge >= 0.3 is 0 Å². The second-order valence-corrected chi connectivity index (χ2v) is 7.93. The van der Waals surface area contributed by atoms with Crippen molar-refractivity contribution >= 4 is 26.0 Å². The van der Waals surface area contributed by atoms with Gasteiger partial charge in [0.05, 0.1) is 4.90 Å². The van der Waals surface area contributed by atoms with E-state index in [1.54, 1.807) is 18.2 Å². The van der Waals surface area contributed by atoms with Crippen LogP contribution in [0.15, 0.2) is 27.6 Å². The van der Waals surface area contributed by atoms with E-state index in [0.717, 1.165) is 29.5 Å². The normalized spacial score (nSPS) is 20.0. The summed E-state index contributed by atoms with van der Waals surface area (Å²) in [5.74, 6) is 0.582. The van der Waals surface area contributed by atoms with Crippen LogP contribution in [-0.4, -0.2) is 28.1 Å². The average molecular weight is 361 g/mol. The SMILES string of the molecule is Cc1cc(S(=O)(=O)NCCC2CCCNC2)ccc1Br. The summed E-state index contributed by atoms with van der Waals surface area (Å²) in [6, 6.07) is 5.09. The first-order valence-corrected chi connectivity index (χ1v) is 9.23. The summed E-state index contributed by atoms with van der Waals surface area (Å²) in [6.07, 6.45) is 3.26. The van der Waals surface area contributed by atoms with Crippen molar-refractivity contribution in [3.63, 3.8) is 0 Å². The van der Waals surface area contributed by atoms with Gasteiger partial charge in [-0.1, -0.05) is 15.9 Å². The molecule has 20 heavy (non-hydrogen) atoms. The molecule has 6 heteroatoms. The minimum atomic E-state index is -3.39. The number of benzene rings is 1. The fraction of sp³-hybridized carbons (Fsp3) is 0.571. The number of sulfonamides is 1. The Morgan fingerprint density at radius 2 is 2.25 bits per heavy atom. The minimum Gasteiger partial charge on any atom is -0.316 e. The third-order valence-corrected chi connectivity index (χ3v) is 6.03. The summed E-state index contributed by atoms with van der Waals surface area (Å²) >= 11 is 3.38. The molecule has 1 aromatic rings. The highest BCUT2D eigenvalue weighted by molar-refractivity contribution is 9.10. The molecule has 1 atom stereocenters. The Balaban J connectivity index is 1.91. The summed E-state index contributed by atoms with van der Waals surface area (Å²) in [4.78, 5) is 0.333. The number of hydrogen-bond acceptors (Lipinski definition) is 3. The van der Waals surface area contributed by atoms with Crippen LogP contribution in [0.25, 0.3) is 0 Å². The lowest BCUT2D eigenvalue weighted by Gasteiger charge is -2.22. The molecule has 2 N–H and O–H groups in total. The molecular formula is C14H21BrN2O2S. The maximum atomic E-state index is 12.2. The molecule has 0 saturated carbocycles. The van der Waals surface area contributed by atoms with Crippen molar-refractivity contribution in [1.82, 2.24) is 10.0 Å². The highest BCUT2D eigenvalue weighted by Gasteiger charge is 2.17. The molecule has 1 aliphatic rings. The van der Waals surface area contributed by atoms with E-state index in [1.807, 2.05) is 6.92 Å². The smallest absolute Gasteiger partial charge is 0.240 e. The molecule has 1 heterocycles. The molecule has 1 fully saturated rings. The van der Waals surface area contributed by atoms with Crippen molar-refractivity contribution in [2.24, 2.45) is 5.92 Å². The van der Waals surface area contributed by atoms with E-state index in [4.69, 9.17) is 0 Å². The molecular weight excluding hydrogens is 340 g/mol. The van der Waals surface area contributed by atoms with E-state index in [-0.39, 0.29) is 0 Å². The Bertz CT molecular complexity index is 554. The second-order valence-electron chi connectivity index (χ2n) is 5.31. The van der Waals surface area contributed by atoms with Gasteiger partial charge < -0.3 is 5.32 Å². The van der Waals surface area contributed by atoms with Gasteiger partial charge in [0.25, 0.3) is 0 Å². The second kappa shape index (κ2) is 7.02. The van der Waals surface area contributed by atoms with E-state index >= 15 is 0 Å². The van der Waals surface area contributed by atoms with Gasteiger partial charge in [0.2, 0.25) is 10.0 Å². The fourth-order valence-corrected chi connectivity index (χ4v) is 3.81. The Hall–Kier alpha value is -0.430. The first-order chi connectivity index (χ1) is 9.49. The lowest BCUT2D eigenvalue weighted by Crippen LogP contribution is -2.33. The van der Waals surface area contributed by atoms with Crippen LogP contribution in [0.5, 0.6) is 0 Å². The molecule has 1 aromatic carbocycles. The number of aryl methyl sites for hydroxylation is 1. The van der Waals surface area contributed by atoms with Crippen LogP contribution in [-0.2, 0) is 10.0 Å². The zero-order valence-corrected chi connectivity index (χ0v) is 14.1. The molecule has 2 rings (SSSR count). The van der Waals surface area contributed by atoms with Crippen molar-refractivity contribution in [1.29, 1.82) is 0 Å². The van der Waals surface area contributed by atoms with Crippen LogP contribution >= 0.6 is 15.9 Å². The van der Waals surface area contributed by atoms with Gasteiger partial charge in [-0.25, -0.2) is 13.1 Å². The van der Waals surface area contributed by atoms with Crippen molar-refractivity contribution in [3.05, 3.63) is 28.2 Å². The summed E-state index contributed by atoms with van der Waals surface area (Å²) < 4.78 is 28.0. The summed E-state index contributed by atoms with van der Waals surface area (Å²) in [5.41, 5.74) is 0.921. The quantitative estimate of drug-likeness (QED) is 0.847. The monoisotopic (exact) mass is 360 g/mol. The Labute approximate surface area is 129 Å². The van der Waals surface area contributed by atoms with E-state index < -0.39 is 10.0 Å². The van der Waals surface area contributed by atoms with Crippen LogP contribution in [0.1, 0.15) is 24.8 Å². The molecule has 1 aliphatic heterocycles. The van der Waals surface area contributed by atoms with Crippen LogP contribution in [0.3, 0.4) is 0 Å². The molecule has 112 valence electrons. The van der Waals surface area contributed by atoms with Gasteiger partial charge in [-0.05, 0) is 69.0 Å². The molecule has 0 bridgehead atoms. The third-order valence-electron chi connectivity index (χ3n) is 3.68. The lowest BCUT2D eigenvalue weighted by atomic mass is 9.96. The zero-order chi connectivity index (χ0) is 14.6. The van der Waals surface area contributed by atoms with Crippen molar-refractivity contribution < 1.29 is 8.42 Å². The Morgan fingerprint density at radius 3 is 2.90 bits per heavy atom. The molecule has 1 unspecified atom stereocenters. The van der Waals surface area contributed by atoms with Crippen LogP contribution in [0.2, 0.25) is 0 Å². The molecule has 4 nitrogen and oxygen atoms in total. The largest absolute Gasteiger partial charge is 0.316 e. The zero-order valence-electron chi connectivity index (χ0n) is 11.7. The maximum absolute atomic E-state index is 12.2. The first kappa shape index (κ1) is 15.9. The van der Waals surface area contributed by atoms with Crippen molar-refractivity contribution in [2.75, 3.05) is 19.6 Å². The Morgan fingerprint density at radius 1 is 1.45 bits per heavy atom. The van der Waals surface area contributed by atoms with Gasteiger partial charge in [-0.2, -0.15) is 0 Å². The number of halogens is 1. The average Bonchev–Trinajstić information content (AvgIpc) is 2.43. The van der Waals surface area contributed by atoms with E-state index in [2.05, 4.69) is 26.0 Å². The Kier molecular flexibility index (Phi) is 5.60. The van der Waals surface area contributed by atoms with Gasteiger partial charge in [-0.3, -0.25) is 0 Å². The fourth-order valence-electron chi connectivity index (χ4n) is 2.44. The molecule has 0 spiro atoms. The standard InChI is InChI=1S/C14H21BrN2O2S/c1-11-9-13(4-5-14(11)15)20(18,19)17-8-6-12-3-2-7-16-10-12/h4-5,9,12,16-17H,2-3,6-8,10H2,1H3. The van der Waals surface area contributed by atoms with E-state index in [1.165, 1.54) is 12.8 Å². The summed E-state index contributed by atoms with van der Waals surface area (Å²) in [7, 11) is -3.39. The lowest BCUT2D eigenvalue weighted by molar-refractivity contribution is 0.358. The summed E-state index contributed by atoms with van der Waals surface area (Å²) in [5, 5.41) is 3.35. The molecule has 0 amide bonds. The molecule has 0 aliphatic carbocycles. The highest BCUT2D eigenvalue weighted by atomic mass is 79.9. The number of nitrogens with one attached hydrogen (secondary N) is 2. The number of hydrogen-bond donors (Lipinski definition) is 2. The topological polar surface area (TPSA) is 58.2 Å². The van der Waals surface area contributed by atoms with Crippen molar-refractivity contribution in [3.8, 4) is 0 Å². The number of piperidine rings is 1. The van der Waals surface area contributed by atoms with Crippen LogP contribution in [0, 0.1) is 12.8 Å². The number of rotatable bonds is 5. The van der Waals surface area contributed by atoms with Crippen molar-refractivity contribution in [2.45, 2.75) is 31.1 Å². The minimum absolute atomic E-state index is 0.333. The predicted octanol–water partition coefficient (Wildman–Crippen LogP) is 2.43. The van der Waals surface area contributed by atoms with Crippen LogP contribution < -0.4 is 10.0 Å². The summed E-state index contributed by atoms with van der Waals surface area (Å²) in [6.45, 7) is 4.47. The van der Waals surface area contributed by atoms with Gasteiger partial charge in [0.1, 0.15) is 0 Å². The van der Waals surface area contributed by atoms with E-state index in [9.17, 15) is 8.42 Å². The van der Waals surface area contributed by atoms with Gasteiger partial charge in [0, 0.05) is 11.0 Å².